The van der Waals surface area contributed by atoms with Crippen LogP contribution < -0.4 is 5.32 Å². The van der Waals surface area contributed by atoms with E-state index in [0.29, 0.717) is 22.8 Å². The van der Waals surface area contributed by atoms with Crippen LogP contribution in [0.4, 0.5) is 11.4 Å². The summed E-state index contributed by atoms with van der Waals surface area (Å²) < 4.78 is 0. The predicted octanol–water partition coefficient (Wildman–Crippen LogP) is 4.04. The fourth-order valence-electron chi connectivity index (χ4n) is 1.95. The summed E-state index contributed by atoms with van der Waals surface area (Å²) in [5.74, 6) is 0. The van der Waals surface area contributed by atoms with E-state index < -0.39 is 4.92 Å². The fourth-order valence-corrected chi connectivity index (χ4v) is 2.19. The standard InChI is InChI=1S/C15H12ClN3O2/c1-10-3-2-4-15(13(10)8-17)18-9-11-5-6-12(19(20)21)7-14(11)16/h2-7,18H,9H2,1H3. The van der Waals surface area contributed by atoms with E-state index in [1.165, 1.54) is 12.1 Å². The first-order chi connectivity index (χ1) is 10.0. The average Bonchev–Trinajstić information content (AvgIpc) is 2.45. The third-order valence-electron chi connectivity index (χ3n) is 3.10. The largest absolute Gasteiger partial charge is 0.380 e. The van der Waals surface area contributed by atoms with Crippen LogP contribution in [-0.2, 0) is 6.54 Å². The molecule has 0 spiro atoms. The van der Waals surface area contributed by atoms with Crippen LogP contribution in [-0.4, -0.2) is 4.92 Å². The smallest absolute Gasteiger partial charge is 0.270 e. The van der Waals surface area contributed by atoms with E-state index >= 15 is 0 Å². The molecular weight excluding hydrogens is 290 g/mol. The number of hydrogen-bond acceptors (Lipinski definition) is 4. The van der Waals surface area contributed by atoms with Gasteiger partial charge in [0, 0.05) is 18.7 Å². The molecule has 2 aromatic rings. The second-order valence-electron chi connectivity index (χ2n) is 4.50. The molecule has 1 N–H and O–H groups in total. The first kappa shape index (κ1) is 14.8. The van der Waals surface area contributed by atoms with Crippen molar-refractivity contribution in [3.8, 4) is 6.07 Å². The van der Waals surface area contributed by atoms with Gasteiger partial charge in [0.1, 0.15) is 6.07 Å². The number of benzene rings is 2. The van der Waals surface area contributed by atoms with Crippen molar-refractivity contribution >= 4 is 23.0 Å². The van der Waals surface area contributed by atoms with Crippen LogP contribution in [0.1, 0.15) is 16.7 Å². The molecule has 0 radical (unpaired) electrons. The first-order valence-corrected chi connectivity index (χ1v) is 6.57. The molecule has 0 unspecified atom stereocenters. The van der Waals surface area contributed by atoms with Gasteiger partial charge in [0.15, 0.2) is 0 Å². The van der Waals surface area contributed by atoms with Crippen LogP contribution in [0.2, 0.25) is 5.02 Å². The van der Waals surface area contributed by atoms with Crippen molar-refractivity contribution in [2.75, 3.05) is 5.32 Å². The fraction of sp³-hybridized carbons (Fsp3) is 0.133. The summed E-state index contributed by atoms with van der Waals surface area (Å²) in [6, 6.07) is 12.0. The number of nitro benzene ring substituents is 1. The lowest BCUT2D eigenvalue weighted by atomic mass is 10.1. The molecule has 2 aromatic carbocycles. The van der Waals surface area contributed by atoms with E-state index in [9.17, 15) is 10.1 Å². The Kier molecular flexibility index (Phi) is 4.41. The molecular formula is C15H12ClN3O2. The highest BCUT2D eigenvalue weighted by Crippen LogP contribution is 2.24. The Morgan fingerprint density at radius 3 is 2.76 bits per heavy atom. The van der Waals surface area contributed by atoms with E-state index in [4.69, 9.17) is 16.9 Å². The van der Waals surface area contributed by atoms with Gasteiger partial charge in [0.2, 0.25) is 0 Å². The van der Waals surface area contributed by atoms with E-state index in [2.05, 4.69) is 11.4 Å². The maximum absolute atomic E-state index is 10.7. The molecule has 2 rings (SSSR count). The van der Waals surface area contributed by atoms with Gasteiger partial charge in [0.25, 0.3) is 5.69 Å². The molecule has 0 heterocycles. The number of rotatable bonds is 4. The quantitative estimate of drug-likeness (QED) is 0.682. The summed E-state index contributed by atoms with van der Waals surface area (Å²) >= 11 is 6.04. The normalized spacial score (nSPS) is 9.95. The molecule has 0 bridgehead atoms. The second kappa shape index (κ2) is 6.25. The Morgan fingerprint density at radius 2 is 2.14 bits per heavy atom. The third kappa shape index (κ3) is 3.30. The minimum atomic E-state index is -0.489. The number of hydrogen-bond donors (Lipinski definition) is 1. The summed E-state index contributed by atoms with van der Waals surface area (Å²) in [6.45, 7) is 2.25. The molecule has 0 saturated carbocycles. The van der Waals surface area contributed by atoms with Crippen LogP contribution in [0.5, 0.6) is 0 Å². The summed E-state index contributed by atoms with van der Waals surface area (Å²) in [7, 11) is 0. The third-order valence-corrected chi connectivity index (χ3v) is 3.45. The van der Waals surface area contributed by atoms with Gasteiger partial charge in [-0.25, -0.2) is 0 Å². The van der Waals surface area contributed by atoms with Gasteiger partial charge in [-0.05, 0) is 30.2 Å². The monoisotopic (exact) mass is 301 g/mol. The number of nitriles is 1. The average molecular weight is 302 g/mol. The Morgan fingerprint density at radius 1 is 1.38 bits per heavy atom. The van der Waals surface area contributed by atoms with E-state index in [1.807, 2.05) is 25.1 Å². The lowest BCUT2D eigenvalue weighted by molar-refractivity contribution is -0.384. The summed E-state index contributed by atoms with van der Waals surface area (Å²) in [5, 5.41) is 23.3. The highest BCUT2D eigenvalue weighted by Gasteiger charge is 2.10. The molecule has 0 atom stereocenters. The van der Waals surface area contributed by atoms with Crippen LogP contribution in [0.15, 0.2) is 36.4 Å². The maximum atomic E-state index is 10.7. The predicted molar refractivity (Wildman–Crippen MR) is 81.3 cm³/mol. The summed E-state index contributed by atoms with van der Waals surface area (Å²) in [4.78, 5) is 10.2. The van der Waals surface area contributed by atoms with Crippen molar-refractivity contribution in [2.45, 2.75) is 13.5 Å². The number of aryl methyl sites for hydroxylation is 1. The van der Waals surface area contributed by atoms with Gasteiger partial charge >= 0.3 is 0 Å². The number of nitrogens with one attached hydrogen (secondary N) is 1. The van der Waals surface area contributed by atoms with Crippen LogP contribution >= 0.6 is 11.6 Å². The highest BCUT2D eigenvalue weighted by atomic mass is 35.5. The zero-order valence-electron chi connectivity index (χ0n) is 11.3. The minimum Gasteiger partial charge on any atom is -0.380 e. The Hall–Kier alpha value is -2.58. The number of non-ortho nitro benzene ring substituents is 1. The highest BCUT2D eigenvalue weighted by molar-refractivity contribution is 6.31. The number of nitrogens with zero attached hydrogens (tertiary/aromatic N) is 2. The SMILES string of the molecule is Cc1cccc(NCc2ccc([N+](=O)[O-])cc2Cl)c1C#N. The number of nitro groups is 1. The van der Waals surface area contributed by atoms with Crippen molar-refractivity contribution in [2.24, 2.45) is 0 Å². The lowest BCUT2D eigenvalue weighted by Crippen LogP contribution is -2.03. The van der Waals surface area contributed by atoms with Gasteiger partial charge in [-0.1, -0.05) is 23.7 Å². The Labute approximate surface area is 126 Å². The van der Waals surface area contributed by atoms with Crippen molar-refractivity contribution in [1.29, 1.82) is 5.26 Å². The van der Waals surface area contributed by atoms with Crippen molar-refractivity contribution in [3.05, 3.63) is 68.2 Å². The first-order valence-electron chi connectivity index (χ1n) is 6.19. The molecule has 0 aliphatic heterocycles. The molecule has 0 aliphatic rings. The molecule has 21 heavy (non-hydrogen) atoms. The van der Waals surface area contributed by atoms with Crippen molar-refractivity contribution in [3.63, 3.8) is 0 Å². The maximum Gasteiger partial charge on any atom is 0.270 e. The summed E-state index contributed by atoms with van der Waals surface area (Å²) in [6.07, 6.45) is 0. The Bertz CT molecular complexity index is 738. The molecule has 5 nitrogen and oxygen atoms in total. The molecule has 106 valence electrons. The van der Waals surface area contributed by atoms with Crippen molar-refractivity contribution in [1.82, 2.24) is 0 Å². The van der Waals surface area contributed by atoms with Crippen LogP contribution in [0.25, 0.3) is 0 Å². The molecule has 0 amide bonds. The molecule has 0 aliphatic carbocycles. The van der Waals surface area contributed by atoms with E-state index in [1.54, 1.807) is 6.07 Å². The lowest BCUT2D eigenvalue weighted by Gasteiger charge is -2.10. The van der Waals surface area contributed by atoms with Gasteiger partial charge in [0.05, 0.1) is 21.2 Å². The van der Waals surface area contributed by atoms with Gasteiger partial charge in [-0.2, -0.15) is 5.26 Å². The zero-order chi connectivity index (χ0) is 15.4. The molecule has 0 fully saturated rings. The van der Waals surface area contributed by atoms with Crippen LogP contribution in [0, 0.1) is 28.4 Å². The second-order valence-corrected chi connectivity index (χ2v) is 4.90. The number of halogens is 1. The zero-order valence-corrected chi connectivity index (χ0v) is 12.0. The minimum absolute atomic E-state index is 0.0444. The van der Waals surface area contributed by atoms with Crippen molar-refractivity contribution < 1.29 is 4.92 Å². The topological polar surface area (TPSA) is 79.0 Å². The van der Waals surface area contributed by atoms with Gasteiger partial charge < -0.3 is 5.32 Å². The molecule has 0 aromatic heterocycles. The van der Waals surface area contributed by atoms with E-state index in [0.717, 1.165) is 11.1 Å². The molecule has 6 heteroatoms. The van der Waals surface area contributed by atoms with Gasteiger partial charge in [-0.3, -0.25) is 10.1 Å². The van der Waals surface area contributed by atoms with Gasteiger partial charge in [-0.15, -0.1) is 0 Å². The van der Waals surface area contributed by atoms with Crippen LogP contribution in [0.3, 0.4) is 0 Å². The number of anilines is 1. The summed E-state index contributed by atoms with van der Waals surface area (Å²) in [5.41, 5.74) is 2.87. The molecule has 0 saturated heterocycles. The van der Waals surface area contributed by atoms with E-state index in [-0.39, 0.29) is 5.69 Å². The Balaban J connectivity index is 2.20.